The van der Waals surface area contributed by atoms with Gasteiger partial charge in [-0.2, -0.15) is 13.2 Å². The number of rotatable bonds is 4. The number of hydrogen-bond donors (Lipinski definition) is 1. The summed E-state index contributed by atoms with van der Waals surface area (Å²) in [6, 6.07) is 16.5. The maximum absolute atomic E-state index is 14.2. The van der Waals surface area contributed by atoms with Crippen LogP contribution in [-0.2, 0) is 10.4 Å². The highest BCUT2D eigenvalue weighted by atomic mass is 35.5. The molecule has 0 bridgehead atoms. The third kappa shape index (κ3) is 3.94. The molecule has 0 saturated heterocycles. The summed E-state index contributed by atoms with van der Waals surface area (Å²) < 4.78 is 42.6. The molecule has 4 nitrogen and oxygen atoms in total. The van der Waals surface area contributed by atoms with E-state index in [1.54, 1.807) is 30.3 Å². The van der Waals surface area contributed by atoms with Crippen LogP contribution in [0.15, 0.2) is 71.9 Å². The fourth-order valence-corrected chi connectivity index (χ4v) is 4.14. The first-order valence-electron chi connectivity index (χ1n) is 9.32. The Kier molecular flexibility index (Phi) is 5.65. The number of alkyl halides is 3. The molecule has 0 amide bonds. The van der Waals surface area contributed by atoms with Crippen molar-refractivity contribution in [3.63, 3.8) is 0 Å². The zero-order valence-electron chi connectivity index (χ0n) is 16.2. The van der Waals surface area contributed by atoms with Crippen LogP contribution in [0.2, 0.25) is 10.0 Å². The normalized spacial score (nSPS) is 18.2. The molecular formula is C23H14Cl2F3NO3. The molecule has 3 aromatic rings. The van der Waals surface area contributed by atoms with Gasteiger partial charge in [-0.1, -0.05) is 64.8 Å². The SMILES string of the molecule is O=C(O)c1ccc(C2=NOC(c3cc(Cl)cc(Cl)c3)(C(F)(F)F)C2)cc1-c1ccccc1. The molecule has 164 valence electrons. The first-order chi connectivity index (χ1) is 15.1. The largest absolute Gasteiger partial charge is 0.478 e. The van der Waals surface area contributed by atoms with Crippen molar-refractivity contribution < 1.29 is 27.9 Å². The van der Waals surface area contributed by atoms with Crippen molar-refractivity contribution in [1.29, 1.82) is 0 Å². The van der Waals surface area contributed by atoms with Gasteiger partial charge in [0.05, 0.1) is 11.3 Å². The van der Waals surface area contributed by atoms with E-state index in [-0.39, 0.29) is 26.9 Å². The molecule has 4 rings (SSSR count). The van der Waals surface area contributed by atoms with Gasteiger partial charge in [-0.15, -0.1) is 0 Å². The molecule has 0 spiro atoms. The number of nitrogens with zero attached hydrogens (tertiary/aromatic N) is 1. The molecule has 1 aliphatic heterocycles. The maximum atomic E-state index is 14.2. The molecule has 1 aliphatic rings. The molecule has 1 unspecified atom stereocenters. The van der Waals surface area contributed by atoms with Crippen LogP contribution in [0.5, 0.6) is 0 Å². The number of carboxylic acid groups (broad SMARTS) is 1. The first-order valence-corrected chi connectivity index (χ1v) is 10.1. The van der Waals surface area contributed by atoms with Crippen LogP contribution in [0.4, 0.5) is 13.2 Å². The number of carboxylic acids is 1. The number of benzene rings is 3. The Balaban J connectivity index is 1.78. The van der Waals surface area contributed by atoms with Crippen molar-refractivity contribution in [3.8, 4) is 11.1 Å². The van der Waals surface area contributed by atoms with Crippen molar-refractivity contribution >= 4 is 34.9 Å². The smallest absolute Gasteiger partial charge is 0.435 e. The molecule has 1 heterocycles. The van der Waals surface area contributed by atoms with Crippen molar-refractivity contribution in [2.24, 2.45) is 5.16 Å². The predicted molar refractivity (Wildman–Crippen MR) is 115 cm³/mol. The van der Waals surface area contributed by atoms with Crippen LogP contribution in [0, 0.1) is 0 Å². The maximum Gasteiger partial charge on any atom is 0.435 e. The molecule has 1 N–H and O–H groups in total. The van der Waals surface area contributed by atoms with Crippen molar-refractivity contribution in [1.82, 2.24) is 0 Å². The molecule has 32 heavy (non-hydrogen) atoms. The number of hydrogen-bond acceptors (Lipinski definition) is 3. The average molecular weight is 480 g/mol. The lowest BCUT2D eigenvalue weighted by Crippen LogP contribution is -2.42. The summed E-state index contributed by atoms with van der Waals surface area (Å²) in [7, 11) is 0. The Morgan fingerprint density at radius 1 is 0.969 bits per heavy atom. The minimum absolute atomic E-state index is 0.0168. The Bertz CT molecular complexity index is 1210. The molecule has 0 saturated carbocycles. The fourth-order valence-electron chi connectivity index (χ4n) is 3.61. The van der Waals surface area contributed by atoms with Crippen molar-refractivity contribution in [2.45, 2.75) is 18.2 Å². The van der Waals surface area contributed by atoms with Gasteiger partial charge < -0.3 is 9.94 Å². The van der Waals surface area contributed by atoms with Gasteiger partial charge in [-0.05, 0) is 41.5 Å². The van der Waals surface area contributed by atoms with Crippen LogP contribution in [-0.4, -0.2) is 23.0 Å². The fraction of sp³-hybridized carbons (Fsp3) is 0.130. The summed E-state index contributed by atoms with van der Waals surface area (Å²) in [5.41, 5.74) is -1.73. The zero-order chi connectivity index (χ0) is 23.1. The number of halogens is 5. The van der Waals surface area contributed by atoms with Crippen molar-refractivity contribution in [2.75, 3.05) is 0 Å². The van der Waals surface area contributed by atoms with E-state index in [1.165, 1.54) is 24.3 Å². The molecule has 0 fully saturated rings. The number of aromatic carboxylic acids is 1. The van der Waals surface area contributed by atoms with E-state index in [9.17, 15) is 23.1 Å². The van der Waals surface area contributed by atoms with Crippen LogP contribution in [0.3, 0.4) is 0 Å². The van der Waals surface area contributed by atoms with Crippen LogP contribution < -0.4 is 0 Å². The monoisotopic (exact) mass is 479 g/mol. The molecule has 0 aliphatic carbocycles. The minimum atomic E-state index is -4.82. The first kappa shape index (κ1) is 22.2. The Morgan fingerprint density at radius 2 is 1.62 bits per heavy atom. The molecule has 0 radical (unpaired) electrons. The van der Waals surface area contributed by atoms with Crippen LogP contribution in [0.25, 0.3) is 11.1 Å². The third-order valence-electron chi connectivity index (χ3n) is 5.18. The summed E-state index contributed by atoms with van der Waals surface area (Å²) in [5.74, 6) is -1.15. The Morgan fingerprint density at radius 3 is 2.22 bits per heavy atom. The van der Waals surface area contributed by atoms with E-state index in [4.69, 9.17) is 28.0 Å². The highest BCUT2D eigenvalue weighted by Gasteiger charge is 2.62. The average Bonchev–Trinajstić information content (AvgIpc) is 3.20. The highest BCUT2D eigenvalue weighted by Crippen LogP contribution is 2.49. The summed E-state index contributed by atoms with van der Waals surface area (Å²) >= 11 is 11.9. The van der Waals surface area contributed by atoms with Gasteiger partial charge in [-0.25, -0.2) is 4.79 Å². The third-order valence-corrected chi connectivity index (χ3v) is 5.62. The molecule has 3 aromatic carbocycles. The summed E-state index contributed by atoms with van der Waals surface area (Å²) in [5, 5.41) is 13.3. The van der Waals surface area contributed by atoms with E-state index in [0.29, 0.717) is 16.7 Å². The zero-order valence-corrected chi connectivity index (χ0v) is 17.7. The predicted octanol–water partition coefficient (Wildman–Crippen LogP) is 6.94. The molecular weight excluding hydrogens is 466 g/mol. The molecule has 9 heteroatoms. The van der Waals surface area contributed by atoms with Gasteiger partial charge >= 0.3 is 12.1 Å². The number of oxime groups is 1. The van der Waals surface area contributed by atoms with Gasteiger partial charge in [0.2, 0.25) is 0 Å². The van der Waals surface area contributed by atoms with Gasteiger partial charge in [0, 0.05) is 27.6 Å². The lowest BCUT2D eigenvalue weighted by molar-refractivity contribution is -0.275. The second kappa shape index (κ2) is 8.15. The van der Waals surface area contributed by atoms with E-state index >= 15 is 0 Å². The lowest BCUT2D eigenvalue weighted by Gasteiger charge is -2.29. The standard InChI is InChI=1S/C23H14Cl2F3NO3/c24-16-9-15(10-17(25)11-16)22(23(26,27)28)12-20(29-32-22)14-6-7-18(21(30)31)19(8-14)13-4-2-1-3-5-13/h1-11H,12H2,(H,30,31). The summed E-state index contributed by atoms with van der Waals surface area (Å²) in [4.78, 5) is 16.7. The summed E-state index contributed by atoms with van der Waals surface area (Å²) in [6.45, 7) is 0. The quantitative estimate of drug-likeness (QED) is 0.440. The van der Waals surface area contributed by atoms with E-state index in [2.05, 4.69) is 5.16 Å². The number of carbonyl (C=O) groups is 1. The molecule has 1 atom stereocenters. The van der Waals surface area contributed by atoms with Crippen LogP contribution >= 0.6 is 23.2 Å². The second-order valence-electron chi connectivity index (χ2n) is 7.22. The van der Waals surface area contributed by atoms with E-state index in [0.717, 1.165) is 12.1 Å². The minimum Gasteiger partial charge on any atom is -0.478 e. The van der Waals surface area contributed by atoms with Gasteiger partial charge in [0.1, 0.15) is 0 Å². The second-order valence-corrected chi connectivity index (χ2v) is 8.09. The lowest BCUT2D eigenvalue weighted by atomic mass is 9.85. The van der Waals surface area contributed by atoms with Gasteiger partial charge in [-0.3, -0.25) is 0 Å². The van der Waals surface area contributed by atoms with E-state index in [1.807, 2.05) is 0 Å². The van der Waals surface area contributed by atoms with Crippen LogP contribution in [0.1, 0.15) is 27.9 Å². The Labute approximate surface area is 190 Å². The topological polar surface area (TPSA) is 58.9 Å². The molecule has 0 aromatic heterocycles. The summed E-state index contributed by atoms with van der Waals surface area (Å²) in [6.07, 6.45) is -5.46. The van der Waals surface area contributed by atoms with Gasteiger partial charge in [0.25, 0.3) is 5.60 Å². The highest BCUT2D eigenvalue weighted by molar-refractivity contribution is 6.34. The van der Waals surface area contributed by atoms with Crippen molar-refractivity contribution in [3.05, 3.63) is 93.5 Å². The van der Waals surface area contributed by atoms with E-state index < -0.39 is 24.2 Å². The Hall–Kier alpha value is -3.03. The van der Waals surface area contributed by atoms with Gasteiger partial charge in [0.15, 0.2) is 0 Å².